The second-order valence-electron chi connectivity index (χ2n) is 9.53. The lowest BCUT2D eigenvalue weighted by Crippen LogP contribution is -2.62. The summed E-state index contributed by atoms with van der Waals surface area (Å²) in [7, 11) is 0. The van der Waals surface area contributed by atoms with Gasteiger partial charge in [0.2, 0.25) is 5.13 Å². The SMILES string of the molecule is Fc1ccc(O[C@H]2CCOC2)c(C2CCN([C@@H]3COC4(C3)CN(c3nncs3)C4)CC2)c1. The first-order valence-electron chi connectivity index (χ1n) is 11.6. The Morgan fingerprint density at radius 1 is 1.16 bits per heavy atom. The zero-order valence-corrected chi connectivity index (χ0v) is 18.9. The van der Waals surface area contributed by atoms with E-state index in [1.165, 1.54) is 6.07 Å². The van der Waals surface area contributed by atoms with Crippen LogP contribution in [-0.2, 0) is 9.47 Å². The summed E-state index contributed by atoms with van der Waals surface area (Å²) in [5.74, 6) is 0.968. The van der Waals surface area contributed by atoms with Gasteiger partial charge in [0.15, 0.2) is 0 Å². The number of benzene rings is 1. The van der Waals surface area contributed by atoms with Gasteiger partial charge >= 0.3 is 0 Å². The number of hydrogen-bond acceptors (Lipinski definition) is 8. The van der Waals surface area contributed by atoms with Crippen molar-refractivity contribution in [3.8, 4) is 5.75 Å². The van der Waals surface area contributed by atoms with Crippen LogP contribution in [0, 0.1) is 5.82 Å². The van der Waals surface area contributed by atoms with Crippen LogP contribution in [0.2, 0.25) is 0 Å². The first kappa shape index (κ1) is 20.8. The van der Waals surface area contributed by atoms with Gasteiger partial charge in [0.05, 0.1) is 32.9 Å². The Labute approximate surface area is 191 Å². The maximum absolute atomic E-state index is 14.1. The topological polar surface area (TPSA) is 60.0 Å². The van der Waals surface area contributed by atoms with E-state index in [2.05, 4.69) is 20.0 Å². The molecule has 2 atom stereocenters. The van der Waals surface area contributed by atoms with Gasteiger partial charge in [-0.3, -0.25) is 4.90 Å². The van der Waals surface area contributed by atoms with Gasteiger partial charge in [-0.1, -0.05) is 11.3 Å². The Morgan fingerprint density at radius 2 is 2.03 bits per heavy atom. The van der Waals surface area contributed by atoms with Gasteiger partial charge in [-0.15, -0.1) is 10.2 Å². The van der Waals surface area contributed by atoms with E-state index in [4.69, 9.17) is 14.2 Å². The minimum atomic E-state index is -0.187. The lowest BCUT2D eigenvalue weighted by Gasteiger charge is -2.47. The molecule has 0 N–H and O–H groups in total. The first-order chi connectivity index (χ1) is 15.7. The van der Waals surface area contributed by atoms with Gasteiger partial charge in [0.1, 0.15) is 28.8 Å². The standard InChI is InChI=1S/C23H29FN4O3S/c24-17-1-2-21(31-19-5-8-29-12-19)20(9-17)16-3-6-27(7-4-16)18-10-23(30-11-18)13-28(14-23)22-26-25-15-32-22/h1-2,9,15-16,18-19H,3-8,10-14H2/t18-,19-/m0/s1. The third kappa shape index (κ3) is 4.00. The van der Waals surface area contributed by atoms with Crippen molar-refractivity contribution in [3.05, 3.63) is 35.1 Å². The Balaban J connectivity index is 1.05. The largest absolute Gasteiger partial charge is 0.488 e. The molecule has 32 heavy (non-hydrogen) atoms. The summed E-state index contributed by atoms with van der Waals surface area (Å²) in [4.78, 5) is 4.83. The molecule has 2 aromatic rings. The molecule has 1 aromatic heterocycles. The maximum atomic E-state index is 14.1. The van der Waals surface area contributed by atoms with Crippen molar-refractivity contribution in [2.45, 2.75) is 49.3 Å². The molecular weight excluding hydrogens is 431 g/mol. The molecule has 4 aliphatic heterocycles. The summed E-state index contributed by atoms with van der Waals surface area (Å²) in [5, 5.41) is 9.10. The normalized spacial score (nSPS) is 28.3. The van der Waals surface area contributed by atoms with E-state index in [-0.39, 0.29) is 17.5 Å². The summed E-state index contributed by atoms with van der Waals surface area (Å²) in [6.45, 7) is 5.99. The minimum absolute atomic E-state index is 0.0277. The summed E-state index contributed by atoms with van der Waals surface area (Å²) in [6, 6.07) is 5.44. The van der Waals surface area contributed by atoms with Gasteiger partial charge in [-0.05, 0) is 56.5 Å². The zero-order chi connectivity index (χ0) is 21.5. The third-order valence-corrected chi connectivity index (χ3v) is 8.16. The van der Waals surface area contributed by atoms with E-state index >= 15 is 0 Å². The Hall–Kier alpha value is -1.81. The highest BCUT2D eigenvalue weighted by atomic mass is 32.1. The molecule has 5 heterocycles. The van der Waals surface area contributed by atoms with E-state index in [1.54, 1.807) is 29.0 Å². The van der Waals surface area contributed by atoms with Crippen LogP contribution >= 0.6 is 11.3 Å². The predicted octanol–water partition coefficient (Wildman–Crippen LogP) is 3.07. The second kappa shape index (κ2) is 8.52. The highest BCUT2D eigenvalue weighted by Gasteiger charge is 2.51. The molecule has 0 bridgehead atoms. The number of piperidine rings is 1. The molecule has 4 saturated heterocycles. The van der Waals surface area contributed by atoms with Crippen molar-refractivity contribution in [3.63, 3.8) is 0 Å². The molecule has 172 valence electrons. The molecule has 0 amide bonds. The molecule has 4 fully saturated rings. The molecule has 1 spiro atoms. The van der Waals surface area contributed by atoms with Gasteiger partial charge in [-0.25, -0.2) is 4.39 Å². The Bertz CT molecular complexity index is 925. The molecule has 0 radical (unpaired) electrons. The van der Waals surface area contributed by atoms with Gasteiger partial charge in [0, 0.05) is 18.0 Å². The van der Waals surface area contributed by atoms with Crippen LogP contribution in [0.5, 0.6) is 5.75 Å². The van der Waals surface area contributed by atoms with Crippen LogP contribution < -0.4 is 9.64 Å². The number of aromatic nitrogens is 2. The molecule has 0 saturated carbocycles. The average molecular weight is 461 g/mol. The van der Waals surface area contributed by atoms with Crippen molar-refractivity contribution < 1.29 is 18.6 Å². The van der Waals surface area contributed by atoms with Crippen LogP contribution in [-0.4, -0.2) is 78.8 Å². The molecule has 7 nitrogen and oxygen atoms in total. The first-order valence-corrected chi connectivity index (χ1v) is 12.5. The van der Waals surface area contributed by atoms with Crippen LogP contribution in [0.3, 0.4) is 0 Å². The van der Waals surface area contributed by atoms with Crippen molar-refractivity contribution in [2.75, 3.05) is 50.9 Å². The van der Waals surface area contributed by atoms with Crippen LogP contribution in [0.25, 0.3) is 0 Å². The fourth-order valence-corrected chi connectivity index (χ4v) is 6.23. The summed E-state index contributed by atoms with van der Waals surface area (Å²) in [5.41, 5.74) is 2.77. The van der Waals surface area contributed by atoms with Crippen LogP contribution in [0.1, 0.15) is 37.2 Å². The highest BCUT2D eigenvalue weighted by molar-refractivity contribution is 7.13. The van der Waals surface area contributed by atoms with Crippen molar-refractivity contribution in [1.29, 1.82) is 0 Å². The quantitative estimate of drug-likeness (QED) is 0.680. The number of ether oxygens (including phenoxy) is 3. The summed E-state index contributed by atoms with van der Waals surface area (Å²) >= 11 is 1.58. The van der Waals surface area contributed by atoms with E-state index in [0.29, 0.717) is 18.6 Å². The van der Waals surface area contributed by atoms with Crippen molar-refractivity contribution in [1.82, 2.24) is 15.1 Å². The Morgan fingerprint density at radius 3 is 2.78 bits per heavy atom. The lowest BCUT2D eigenvalue weighted by atomic mass is 9.86. The molecular formula is C23H29FN4O3S. The smallest absolute Gasteiger partial charge is 0.208 e. The lowest BCUT2D eigenvalue weighted by molar-refractivity contribution is -0.0195. The number of nitrogens with zero attached hydrogens (tertiary/aromatic N) is 4. The third-order valence-electron chi connectivity index (χ3n) is 7.41. The van der Waals surface area contributed by atoms with E-state index in [9.17, 15) is 4.39 Å². The average Bonchev–Trinajstić information content (AvgIpc) is 3.55. The number of anilines is 1. The fraction of sp³-hybridized carbons (Fsp3) is 0.652. The monoisotopic (exact) mass is 460 g/mol. The van der Waals surface area contributed by atoms with Gasteiger partial charge in [-0.2, -0.15) is 0 Å². The Kier molecular flexibility index (Phi) is 5.53. The molecule has 0 aliphatic carbocycles. The predicted molar refractivity (Wildman–Crippen MR) is 119 cm³/mol. The summed E-state index contributed by atoms with van der Waals surface area (Å²) in [6.07, 6.45) is 4.08. The fourth-order valence-electron chi connectivity index (χ4n) is 5.67. The number of rotatable bonds is 5. The molecule has 0 unspecified atom stereocenters. The molecule has 1 aromatic carbocycles. The number of hydrogen-bond donors (Lipinski definition) is 0. The van der Waals surface area contributed by atoms with Crippen molar-refractivity contribution in [2.24, 2.45) is 0 Å². The second-order valence-corrected chi connectivity index (χ2v) is 10.3. The number of halogens is 1. The molecule has 6 rings (SSSR count). The number of likely N-dealkylation sites (tertiary alicyclic amines) is 1. The summed E-state index contributed by atoms with van der Waals surface area (Å²) < 4.78 is 32.0. The van der Waals surface area contributed by atoms with E-state index < -0.39 is 0 Å². The molecule has 4 aliphatic rings. The minimum Gasteiger partial charge on any atom is -0.488 e. The zero-order valence-electron chi connectivity index (χ0n) is 18.1. The van der Waals surface area contributed by atoms with Gasteiger partial charge in [0.25, 0.3) is 0 Å². The van der Waals surface area contributed by atoms with Gasteiger partial charge < -0.3 is 19.1 Å². The maximum Gasteiger partial charge on any atom is 0.208 e. The van der Waals surface area contributed by atoms with Crippen LogP contribution in [0.4, 0.5) is 9.52 Å². The van der Waals surface area contributed by atoms with Crippen molar-refractivity contribution >= 4 is 16.5 Å². The highest BCUT2D eigenvalue weighted by Crippen LogP contribution is 2.42. The van der Waals surface area contributed by atoms with Crippen LogP contribution in [0.15, 0.2) is 23.7 Å². The van der Waals surface area contributed by atoms with E-state index in [1.807, 2.05) is 0 Å². The molecule has 9 heteroatoms. The van der Waals surface area contributed by atoms with E-state index in [0.717, 1.165) is 81.5 Å².